The average Bonchev–Trinajstić information content (AvgIpc) is 3.65. The van der Waals surface area contributed by atoms with E-state index in [1.807, 2.05) is 0 Å². The van der Waals surface area contributed by atoms with Crippen LogP contribution in [0.25, 0.3) is 53.2 Å². The van der Waals surface area contributed by atoms with E-state index in [4.69, 9.17) is 25.3 Å². The third kappa shape index (κ3) is 3.86. The number of ether oxygens (including phenoxy) is 1. The standard InChI is InChI=1S/C40H25NOS/c1-3-10-26(11-4-1)27-18-20-30-32-15-9-16-33-35(21-22-36(40(32)33)42-37(30)24-27)41(28-12-5-2-6-13-28)29-19-23-39-34(25-29)31-14-7-8-17-38(31)43-39/h1-25H/i1D,2D,3D,4D,5D,6D,7D,8D,10D,11D,12D,13D,14D,17D,19D,23D,25D. The van der Waals surface area contributed by atoms with E-state index in [0.717, 1.165) is 16.2 Å². The first-order valence-corrected chi connectivity index (χ1v) is 13.9. The minimum absolute atomic E-state index is 0.0156. The first-order valence-electron chi connectivity index (χ1n) is 21.6. The fourth-order valence-electron chi connectivity index (χ4n) is 5.47. The van der Waals surface area contributed by atoms with Gasteiger partial charge in [-0.3, -0.25) is 0 Å². The summed E-state index contributed by atoms with van der Waals surface area (Å²) in [5.41, 5.74) is 0.754. The van der Waals surface area contributed by atoms with Crippen LogP contribution in [-0.4, -0.2) is 0 Å². The molecule has 202 valence electrons. The predicted octanol–water partition coefficient (Wildman–Crippen LogP) is 12.1. The summed E-state index contributed by atoms with van der Waals surface area (Å²) < 4.78 is 154. The Morgan fingerprint density at radius 3 is 2.23 bits per heavy atom. The number of anilines is 3. The van der Waals surface area contributed by atoms with Gasteiger partial charge >= 0.3 is 0 Å². The van der Waals surface area contributed by atoms with Gasteiger partial charge in [0, 0.05) is 47.9 Å². The van der Waals surface area contributed by atoms with Crippen molar-refractivity contribution in [3.63, 3.8) is 0 Å². The molecule has 0 N–H and O–H groups in total. The highest BCUT2D eigenvalue weighted by atomic mass is 32.1. The van der Waals surface area contributed by atoms with Gasteiger partial charge in [0.2, 0.25) is 0 Å². The van der Waals surface area contributed by atoms with E-state index in [1.54, 1.807) is 42.5 Å². The van der Waals surface area contributed by atoms with Gasteiger partial charge in [-0.2, -0.15) is 0 Å². The van der Waals surface area contributed by atoms with E-state index in [2.05, 4.69) is 0 Å². The van der Waals surface area contributed by atoms with Gasteiger partial charge in [-0.1, -0.05) is 90.7 Å². The molecule has 0 spiro atoms. The molecule has 0 aliphatic carbocycles. The summed E-state index contributed by atoms with van der Waals surface area (Å²) in [5.74, 6) is 0.597. The second-order valence-electron chi connectivity index (χ2n) is 9.67. The van der Waals surface area contributed by atoms with Gasteiger partial charge in [-0.15, -0.1) is 11.3 Å². The Labute approximate surface area is 277 Å². The molecule has 2 heterocycles. The molecule has 0 bridgehead atoms. The molecule has 0 amide bonds. The topological polar surface area (TPSA) is 12.5 Å². The number of thiophene rings is 1. The summed E-state index contributed by atoms with van der Waals surface area (Å²) in [4.78, 5) is 1.16. The Balaban J connectivity index is 1.35. The fraction of sp³-hybridized carbons (Fsp3) is 0. The van der Waals surface area contributed by atoms with Crippen molar-refractivity contribution >= 4 is 59.3 Å². The SMILES string of the molecule is [2H]c1c([2H])c([2H])c(-c2ccc3c(c2)Oc2ccc(N(c4c([2H])c([2H])c([2H])c([2H])c4[2H])c4c([2H])c([2H])c5sc6c([2H])c([2H])c([2H])c([2H])c6c5c4[2H])c4cccc-3c24)c([2H])c1[2H]. The summed E-state index contributed by atoms with van der Waals surface area (Å²) in [6, 6.07) is 3.96. The van der Waals surface area contributed by atoms with Gasteiger partial charge in [0.25, 0.3) is 0 Å². The van der Waals surface area contributed by atoms with E-state index < -0.39 is 90.3 Å². The van der Waals surface area contributed by atoms with E-state index >= 15 is 0 Å². The van der Waals surface area contributed by atoms with Crippen LogP contribution in [-0.2, 0) is 0 Å². The zero-order valence-corrected chi connectivity index (χ0v) is 22.7. The second-order valence-corrected chi connectivity index (χ2v) is 10.7. The molecule has 3 heteroatoms. The van der Waals surface area contributed by atoms with Crippen molar-refractivity contribution in [3.05, 3.63) is 151 Å². The molecule has 8 aromatic rings. The number of rotatable bonds is 4. The lowest BCUT2D eigenvalue weighted by Crippen LogP contribution is -2.11. The van der Waals surface area contributed by atoms with Gasteiger partial charge in [0.1, 0.15) is 11.5 Å². The average molecular weight is 585 g/mol. The Morgan fingerprint density at radius 1 is 0.558 bits per heavy atom. The van der Waals surface area contributed by atoms with Gasteiger partial charge in [-0.25, -0.2) is 0 Å². The van der Waals surface area contributed by atoms with Crippen LogP contribution in [0, 0.1) is 0 Å². The molecule has 0 radical (unpaired) electrons. The van der Waals surface area contributed by atoms with Crippen LogP contribution >= 0.6 is 11.3 Å². The smallest absolute Gasteiger partial charge is 0.136 e. The minimum Gasteiger partial charge on any atom is -0.456 e. The monoisotopic (exact) mass is 584 g/mol. The number of nitrogens with zero attached hydrogens (tertiary/aromatic N) is 1. The van der Waals surface area contributed by atoms with Gasteiger partial charge in [0.15, 0.2) is 0 Å². The zero-order chi connectivity index (χ0) is 43.1. The van der Waals surface area contributed by atoms with Crippen LogP contribution in [0.5, 0.6) is 11.5 Å². The van der Waals surface area contributed by atoms with Gasteiger partial charge in [0.05, 0.1) is 29.0 Å². The number of para-hydroxylation sites is 1. The van der Waals surface area contributed by atoms with Crippen molar-refractivity contribution in [2.75, 3.05) is 4.90 Å². The van der Waals surface area contributed by atoms with Gasteiger partial charge in [-0.05, 0) is 77.2 Å². The van der Waals surface area contributed by atoms with E-state index in [-0.39, 0.29) is 55.2 Å². The Morgan fingerprint density at radius 2 is 1.35 bits per heavy atom. The van der Waals surface area contributed by atoms with Crippen molar-refractivity contribution in [1.29, 1.82) is 0 Å². The summed E-state index contributed by atoms with van der Waals surface area (Å²) in [5, 5.41) is 0.743. The molecule has 0 unspecified atom stereocenters. The van der Waals surface area contributed by atoms with Crippen molar-refractivity contribution in [3.8, 4) is 33.8 Å². The molecule has 0 saturated heterocycles. The maximum absolute atomic E-state index is 9.65. The fourth-order valence-corrected chi connectivity index (χ4v) is 6.39. The highest BCUT2D eigenvalue weighted by Crippen LogP contribution is 2.51. The van der Waals surface area contributed by atoms with Crippen molar-refractivity contribution < 1.29 is 28.0 Å². The van der Waals surface area contributed by atoms with Crippen molar-refractivity contribution in [2.45, 2.75) is 0 Å². The molecule has 43 heavy (non-hydrogen) atoms. The van der Waals surface area contributed by atoms with Gasteiger partial charge < -0.3 is 9.64 Å². The molecule has 0 fully saturated rings. The molecule has 9 rings (SSSR count). The predicted molar refractivity (Wildman–Crippen MR) is 182 cm³/mol. The Kier molecular flexibility index (Phi) is 2.87. The van der Waals surface area contributed by atoms with Crippen LogP contribution in [0.1, 0.15) is 23.3 Å². The van der Waals surface area contributed by atoms with Crippen LogP contribution in [0.2, 0.25) is 0 Å². The number of benzene rings is 7. The summed E-state index contributed by atoms with van der Waals surface area (Å²) in [7, 11) is 0. The van der Waals surface area contributed by atoms with Crippen LogP contribution in [0.15, 0.2) is 151 Å². The van der Waals surface area contributed by atoms with E-state index in [0.29, 0.717) is 39.0 Å². The quantitative estimate of drug-likeness (QED) is 0.204. The lowest BCUT2D eigenvalue weighted by molar-refractivity contribution is 0.487. The lowest BCUT2D eigenvalue weighted by Gasteiger charge is -2.29. The number of hydrogen-bond acceptors (Lipinski definition) is 3. The third-order valence-corrected chi connectivity index (χ3v) is 8.33. The second kappa shape index (κ2) is 9.59. The molecule has 1 aliphatic rings. The molecule has 1 aliphatic heterocycles. The lowest BCUT2D eigenvalue weighted by atomic mass is 9.92. The van der Waals surface area contributed by atoms with Crippen molar-refractivity contribution in [2.24, 2.45) is 0 Å². The number of hydrogen-bond donors (Lipinski definition) is 0. The van der Waals surface area contributed by atoms with Crippen LogP contribution in [0.4, 0.5) is 17.1 Å². The first-order chi connectivity index (χ1) is 28.4. The number of fused-ring (bicyclic) bond motifs is 5. The molecule has 1 aromatic heterocycles. The van der Waals surface area contributed by atoms with Crippen molar-refractivity contribution in [1.82, 2.24) is 0 Å². The zero-order valence-electron chi connectivity index (χ0n) is 38.9. The maximum Gasteiger partial charge on any atom is 0.136 e. The first kappa shape index (κ1) is 12.9. The highest BCUT2D eigenvalue weighted by molar-refractivity contribution is 7.25. The molecular weight excluding hydrogens is 543 g/mol. The molecular formula is C40H25NOS. The Bertz CT molecular complexity index is 3230. The maximum atomic E-state index is 9.65. The summed E-state index contributed by atoms with van der Waals surface area (Å²) in [6.07, 6.45) is 0. The van der Waals surface area contributed by atoms with Crippen LogP contribution < -0.4 is 9.64 Å². The largest absolute Gasteiger partial charge is 0.456 e. The van der Waals surface area contributed by atoms with E-state index in [9.17, 15) is 2.74 Å². The summed E-state index contributed by atoms with van der Waals surface area (Å²) in [6.45, 7) is 0. The van der Waals surface area contributed by atoms with Crippen LogP contribution in [0.3, 0.4) is 0 Å². The minimum atomic E-state index is -0.703. The highest BCUT2D eigenvalue weighted by Gasteiger charge is 2.24. The normalized spacial score (nSPS) is 17.4. The summed E-state index contributed by atoms with van der Waals surface area (Å²) >= 11 is 0.839. The molecule has 2 nitrogen and oxygen atoms in total. The Hall–Kier alpha value is -5.38. The molecule has 0 atom stereocenters. The van der Waals surface area contributed by atoms with E-state index in [1.165, 1.54) is 6.07 Å². The molecule has 7 aromatic carbocycles. The molecule has 0 saturated carbocycles. The third-order valence-electron chi connectivity index (χ3n) is 7.31.